The van der Waals surface area contributed by atoms with E-state index in [1.165, 1.54) is 0 Å². The van der Waals surface area contributed by atoms with Crippen LogP contribution in [0.5, 0.6) is 5.75 Å². The molecule has 2 amide bonds. The van der Waals surface area contributed by atoms with Crippen LogP contribution in [0.3, 0.4) is 0 Å². The summed E-state index contributed by atoms with van der Waals surface area (Å²) in [4.78, 5) is 27.0. The van der Waals surface area contributed by atoms with Gasteiger partial charge in [0.25, 0.3) is 0 Å². The van der Waals surface area contributed by atoms with E-state index < -0.39 is 17.9 Å². The van der Waals surface area contributed by atoms with Crippen molar-refractivity contribution in [1.82, 2.24) is 10.8 Å². The lowest BCUT2D eigenvalue weighted by Crippen LogP contribution is -2.58. The number of carbonyl (C=O) groups excluding carboxylic acids is 2. The maximum absolute atomic E-state index is 13.2. The van der Waals surface area contributed by atoms with Crippen LogP contribution in [0.25, 0.3) is 0 Å². The van der Waals surface area contributed by atoms with Gasteiger partial charge in [-0.05, 0) is 54.9 Å². The highest BCUT2D eigenvalue weighted by Crippen LogP contribution is 2.52. The number of nitrogens with zero attached hydrogens (tertiary/aromatic N) is 1. The molecule has 3 N–H and O–H groups in total. The third kappa shape index (κ3) is 2.77. The second-order valence-corrected chi connectivity index (χ2v) is 7.38. The van der Waals surface area contributed by atoms with Crippen LogP contribution < -0.4 is 20.4 Å². The molecule has 0 bridgehead atoms. The van der Waals surface area contributed by atoms with Crippen LogP contribution in [-0.2, 0) is 16.0 Å². The zero-order chi connectivity index (χ0) is 17.6. The molecule has 1 aliphatic carbocycles. The van der Waals surface area contributed by atoms with Gasteiger partial charge in [0.1, 0.15) is 5.75 Å². The zero-order valence-electron chi connectivity index (χ0n) is 14.2. The molecule has 2 unspecified atom stereocenters. The summed E-state index contributed by atoms with van der Waals surface area (Å²) in [7, 11) is 1.62. The minimum absolute atomic E-state index is 0.104. The average molecular weight is 345 g/mol. The number of benzene rings is 1. The van der Waals surface area contributed by atoms with Gasteiger partial charge in [0, 0.05) is 18.8 Å². The van der Waals surface area contributed by atoms with Crippen LogP contribution in [0.4, 0.5) is 5.69 Å². The van der Waals surface area contributed by atoms with Crippen molar-refractivity contribution in [1.29, 1.82) is 0 Å². The predicted molar refractivity (Wildman–Crippen MR) is 90.5 cm³/mol. The molecule has 25 heavy (non-hydrogen) atoms. The molecule has 1 saturated carbocycles. The number of piperidine rings is 1. The maximum atomic E-state index is 13.2. The number of methoxy groups -OCH3 is 1. The molecule has 1 saturated heterocycles. The van der Waals surface area contributed by atoms with E-state index in [1.807, 2.05) is 18.2 Å². The van der Waals surface area contributed by atoms with E-state index in [4.69, 9.17) is 9.94 Å². The number of amides is 2. The fraction of sp³-hybridized carbons (Fsp3) is 0.556. The molecule has 2 fully saturated rings. The van der Waals surface area contributed by atoms with Gasteiger partial charge in [-0.1, -0.05) is 0 Å². The summed E-state index contributed by atoms with van der Waals surface area (Å²) in [5, 5.41) is 12.4. The van der Waals surface area contributed by atoms with Crippen molar-refractivity contribution in [3.63, 3.8) is 0 Å². The Kier molecular flexibility index (Phi) is 3.92. The number of carbonyl (C=O) groups is 2. The summed E-state index contributed by atoms with van der Waals surface area (Å²) in [5.74, 6) is -0.355. The van der Waals surface area contributed by atoms with E-state index in [2.05, 4.69) is 5.32 Å². The minimum atomic E-state index is -0.605. The number of rotatable bonds is 3. The third-order valence-electron chi connectivity index (χ3n) is 5.87. The molecule has 2 heterocycles. The fourth-order valence-electron chi connectivity index (χ4n) is 4.17. The zero-order valence-corrected chi connectivity index (χ0v) is 14.2. The monoisotopic (exact) mass is 345 g/mol. The van der Waals surface area contributed by atoms with Crippen LogP contribution in [-0.4, -0.2) is 43.3 Å². The molecule has 3 aliphatic rings. The van der Waals surface area contributed by atoms with Gasteiger partial charge in [-0.3, -0.25) is 14.8 Å². The number of nitrogens with one attached hydrogen (secondary N) is 2. The Morgan fingerprint density at radius 1 is 1.40 bits per heavy atom. The van der Waals surface area contributed by atoms with E-state index in [1.54, 1.807) is 17.5 Å². The first-order valence-corrected chi connectivity index (χ1v) is 8.72. The van der Waals surface area contributed by atoms with Crippen LogP contribution in [0.1, 0.15) is 24.8 Å². The lowest BCUT2D eigenvalue weighted by molar-refractivity contribution is -0.139. The molecule has 1 spiro atoms. The molecule has 0 radical (unpaired) electrons. The third-order valence-corrected chi connectivity index (χ3v) is 5.87. The number of ether oxygens (including phenoxy) is 1. The molecule has 2 atom stereocenters. The highest BCUT2D eigenvalue weighted by molar-refractivity contribution is 6.01. The van der Waals surface area contributed by atoms with Gasteiger partial charge in [0.05, 0.1) is 19.1 Å². The van der Waals surface area contributed by atoms with Gasteiger partial charge >= 0.3 is 0 Å². The van der Waals surface area contributed by atoms with Crippen molar-refractivity contribution in [3.8, 4) is 5.75 Å². The number of hydroxylamine groups is 1. The summed E-state index contributed by atoms with van der Waals surface area (Å²) < 4.78 is 5.25. The SMILES string of the molecule is COc1ccc2c(c1)CCN2C(=O)C1NCC2(CC2)CC1C(=O)NO. The number of hydrogen-bond donors (Lipinski definition) is 3. The molecular formula is C18H23N3O4. The smallest absolute Gasteiger partial charge is 0.248 e. The molecular weight excluding hydrogens is 322 g/mol. The molecule has 1 aromatic rings. The topological polar surface area (TPSA) is 90.9 Å². The molecule has 134 valence electrons. The van der Waals surface area contributed by atoms with Crippen LogP contribution in [0, 0.1) is 11.3 Å². The Bertz CT molecular complexity index is 716. The van der Waals surface area contributed by atoms with Crippen LogP contribution >= 0.6 is 0 Å². The van der Waals surface area contributed by atoms with Crippen molar-refractivity contribution >= 4 is 17.5 Å². The molecule has 0 aromatic heterocycles. The fourth-order valence-corrected chi connectivity index (χ4v) is 4.17. The largest absolute Gasteiger partial charge is 0.497 e. The lowest BCUT2D eigenvalue weighted by Gasteiger charge is -2.37. The predicted octanol–water partition coefficient (Wildman–Crippen LogP) is 0.848. The summed E-state index contributed by atoms with van der Waals surface area (Å²) in [6.45, 7) is 1.35. The van der Waals surface area contributed by atoms with E-state index in [9.17, 15) is 9.59 Å². The second kappa shape index (κ2) is 6.00. The van der Waals surface area contributed by atoms with E-state index in [0.717, 1.165) is 42.8 Å². The Morgan fingerprint density at radius 2 is 2.20 bits per heavy atom. The number of hydrogen-bond acceptors (Lipinski definition) is 5. The molecule has 7 heteroatoms. The lowest BCUT2D eigenvalue weighted by atomic mass is 9.81. The van der Waals surface area contributed by atoms with Gasteiger partial charge in [-0.25, -0.2) is 5.48 Å². The van der Waals surface area contributed by atoms with Gasteiger partial charge < -0.3 is 15.0 Å². The summed E-state index contributed by atoms with van der Waals surface area (Å²) in [5.41, 5.74) is 3.82. The first-order valence-electron chi connectivity index (χ1n) is 8.72. The normalized spacial score (nSPS) is 26.2. The van der Waals surface area contributed by atoms with Crippen LogP contribution in [0.15, 0.2) is 18.2 Å². The van der Waals surface area contributed by atoms with Crippen molar-refractivity contribution in [2.24, 2.45) is 11.3 Å². The summed E-state index contributed by atoms with van der Waals surface area (Å²) >= 11 is 0. The highest BCUT2D eigenvalue weighted by atomic mass is 16.5. The average Bonchev–Trinajstić information content (AvgIpc) is 3.26. The van der Waals surface area contributed by atoms with Crippen molar-refractivity contribution in [2.75, 3.05) is 25.1 Å². The summed E-state index contributed by atoms with van der Waals surface area (Å²) in [6.07, 6.45) is 3.56. The van der Waals surface area contributed by atoms with Gasteiger partial charge in [0.15, 0.2) is 0 Å². The van der Waals surface area contributed by atoms with Gasteiger partial charge in [-0.15, -0.1) is 0 Å². The van der Waals surface area contributed by atoms with Crippen LogP contribution in [0.2, 0.25) is 0 Å². The number of anilines is 1. The Morgan fingerprint density at radius 3 is 2.88 bits per heavy atom. The number of fused-ring (bicyclic) bond motifs is 1. The molecule has 7 nitrogen and oxygen atoms in total. The second-order valence-electron chi connectivity index (χ2n) is 7.38. The van der Waals surface area contributed by atoms with Crippen molar-refractivity contribution < 1.29 is 19.5 Å². The van der Waals surface area contributed by atoms with E-state index >= 15 is 0 Å². The minimum Gasteiger partial charge on any atom is -0.497 e. The van der Waals surface area contributed by atoms with Gasteiger partial charge in [-0.2, -0.15) is 0 Å². The van der Waals surface area contributed by atoms with E-state index in [0.29, 0.717) is 13.0 Å². The van der Waals surface area contributed by atoms with E-state index in [-0.39, 0.29) is 11.3 Å². The standard InChI is InChI=1S/C18H23N3O4/c1-25-12-2-3-14-11(8-12)4-7-21(14)17(23)15-13(16(22)20-24)9-18(5-6-18)10-19-15/h2-3,8,13,15,19,24H,4-7,9-10H2,1H3,(H,20,22). The first-order chi connectivity index (χ1) is 12.1. The maximum Gasteiger partial charge on any atom is 0.248 e. The van der Waals surface area contributed by atoms with Crippen molar-refractivity contribution in [2.45, 2.75) is 31.7 Å². The first kappa shape index (κ1) is 16.4. The molecule has 4 rings (SSSR count). The Hall–Kier alpha value is -2.12. The summed E-state index contributed by atoms with van der Waals surface area (Å²) in [6, 6.07) is 5.08. The van der Waals surface area contributed by atoms with Gasteiger partial charge in [0.2, 0.25) is 11.8 Å². The Labute approximate surface area is 146 Å². The highest BCUT2D eigenvalue weighted by Gasteiger charge is 2.53. The molecule has 1 aromatic carbocycles. The Balaban J connectivity index is 1.57. The quantitative estimate of drug-likeness (QED) is 0.558. The van der Waals surface area contributed by atoms with Crippen molar-refractivity contribution in [3.05, 3.63) is 23.8 Å². The molecule has 2 aliphatic heterocycles.